The average molecular weight is 345 g/mol. The van der Waals surface area contributed by atoms with Gasteiger partial charge >= 0.3 is 0 Å². The number of nitrogens with zero attached hydrogens (tertiary/aromatic N) is 2. The van der Waals surface area contributed by atoms with Gasteiger partial charge in [0.25, 0.3) is 0 Å². The molecule has 25 heavy (non-hydrogen) atoms. The molecule has 2 aromatic rings. The van der Waals surface area contributed by atoms with Crippen molar-refractivity contribution in [1.82, 2.24) is 10.5 Å². The van der Waals surface area contributed by atoms with E-state index in [0.29, 0.717) is 17.9 Å². The number of aliphatic imine (C=N–C) groups is 1. The first-order valence-corrected chi connectivity index (χ1v) is 8.13. The number of ether oxygens (including phenoxy) is 2. The summed E-state index contributed by atoms with van der Waals surface area (Å²) in [5, 5.41) is 9.49. The molecule has 1 aromatic carbocycles. The molecule has 0 spiro atoms. The van der Waals surface area contributed by atoms with E-state index >= 15 is 0 Å². The molecule has 1 aromatic heterocycles. The van der Waals surface area contributed by atoms with E-state index in [-0.39, 0.29) is 17.8 Å². The second kappa shape index (κ2) is 8.04. The monoisotopic (exact) mass is 345 g/mol. The number of pyridine rings is 1. The summed E-state index contributed by atoms with van der Waals surface area (Å²) in [7, 11) is 0. The quantitative estimate of drug-likeness (QED) is 0.494. The summed E-state index contributed by atoms with van der Waals surface area (Å²) < 4.78 is 24.6. The number of hydrogen-bond donors (Lipinski definition) is 2. The predicted molar refractivity (Wildman–Crippen MR) is 90.7 cm³/mol. The Bertz CT molecular complexity index is 761. The zero-order chi connectivity index (χ0) is 17.6. The summed E-state index contributed by atoms with van der Waals surface area (Å²) >= 11 is 0. The van der Waals surface area contributed by atoms with Crippen LogP contribution in [0, 0.1) is 12.7 Å². The van der Waals surface area contributed by atoms with Gasteiger partial charge in [0.15, 0.2) is 5.84 Å². The van der Waals surface area contributed by atoms with Crippen LogP contribution in [0.5, 0.6) is 11.6 Å². The lowest BCUT2D eigenvalue weighted by Gasteiger charge is -2.13. The van der Waals surface area contributed by atoms with Crippen LogP contribution in [0.3, 0.4) is 0 Å². The van der Waals surface area contributed by atoms with Crippen molar-refractivity contribution in [1.29, 1.82) is 0 Å². The highest BCUT2D eigenvalue weighted by atomic mass is 19.1. The molecule has 0 bridgehead atoms. The third-order valence-corrected chi connectivity index (χ3v) is 3.85. The molecule has 2 N–H and O–H groups in total. The molecule has 1 saturated heterocycles. The molecule has 1 atom stereocenters. The summed E-state index contributed by atoms with van der Waals surface area (Å²) in [6.45, 7) is 2.98. The van der Waals surface area contributed by atoms with Crippen LogP contribution in [0.25, 0.3) is 0 Å². The molecule has 0 aliphatic carbocycles. The number of amidine groups is 1. The predicted octanol–water partition coefficient (Wildman–Crippen LogP) is 3.23. The topological polar surface area (TPSA) is 76.0 Å². The Labute approximate surface area is 145 Å². The van der Waals surface area contributed by atoms with E-state index in [2.05, 4.69) is 15.5 Å². The lowest BCUT2D eigenvalue weighted by atomic mass is 10.2. The molecule has 132 valence electrons. The first-order valence-electron chi connectivity index (χ1n) is 8.13. The second-order valence-corrected chi connectivity index (χ2v) is 5.80. The van der Waals surface area contributed by atoms with Crippen LogP contribution >= 0.6 is 0 Å². The molecular formula is C18H20FN3O3. The van der Waals surface area contributed by atoms with Crippen molar-refractivity contribution in [2.24, 2.45) is 4.99 Å². The number of nitrogens with one attached hydrogen (secondary N) is 1. The zero-order valence-corrected chi connectivity index (χ0v) is 13.9. The van der Waals surface area contributed by atoms with Crippen molar-refractivity contribution in [3.63, 3.8) is 0 Å². The van der Waals surface area contributed by atoms with Crippen molar-refractivity contribution in [2.45, 2.75) is 25.9 Å². The fourth-order valence-electron chi connectivity index (χ4n) is 2.60. The summed E-state index contributed by atoms with van der Waals surface area (Å²) in [6.07, 6.45) is 2.01. The van der Waals surface area contributed by atoms with E-state index in [1.807, 2.05) is 6.92 Å². The van der Waals surface area contributed by atoms with Crippen molar-refractivity contribution >= 4 is 5.84 Å². The van der Waals surface area contributed by atoms with E-state index in [1.54, 1.807) is 24.3 Å². The average Bonchev–Trinajstić information content (AvgIpc) is 3.10. The molecule has 0 radical (unpaired) electrons. The largest absolute Gasteiger partial charge is 0.438 e. The fourth-order valence-corrected chi connectivity index (χ4v) is 2.60. The normalized spacial score (nSPS) is 17.6. The minimum Gasteiger partial charge on any atom is -0.438 e. The standard InChI is InChI=1S/C18H20FN3O3/c1-12-7-8-16(17(22-23)20-11-15-6-3-9-24-15)18(21-12)25-14-5-2-4-13(19)10-14/h2,4-5,7-8,10,15,23H,3,6,9,11H2,1H3,(H,20,22). The lowest BCUT2D eigenvalue weighted by molar-refractivity contribution is 0.117. The number of halogens is 1. The third-order valence-electron chi connectivity index (χ3n) is 3.85. The second-order valence-electron chi connectivity index (χ2n) is 5.80. The number of aromatic nitrogens is 1. The minimum absolute atomic E-state index is 0.0503. The van der Waals surface area contributed by atoms with Crippen LogP contribution < -0.4 is 10.2 Å². The highest BCUT2D eigenvalue weighted by Gasteiger charge is 2.17. The van der Waals surface area contributed by atoms with E-state index in [9.17, 15) is 9.60 Å². The number of hydroxylamine groups is 1. The molecule has 1 fully saturated rings. The highest BCUT2D eigenvalue weighted by Crippen LogP contribution is 2.25. The van der Waals surface area contributed by atoms with Gasteiger partial charge in [-0.1, -0.05) is 6.07 Å². The van der Waals surface area contributed by atoms with Gasteiger partial charge in [-0.2, -0.15) is 0 Å². The third kappa shape index (κ3) is 4.52. The minimum atomic E-state index is -0.403. The van der Waals surface area contributed by atoms with Gasteiger partial charge in [0, 0.05) is 18.4 Å². The Kier molecular flexibility index (Phi) is 5.57. The highest BCUT2D eigenvalue weighted by molar-refractivity contribution is 6.00. The van der Waals surface area contributed by atoms with Gasteiger partial charge in [-0.05, 0) is 44.0 Å². The maximum absolute atomic E-state index is 13.4. The Balaban J connectivity index is 1.87. The van der Waals surface area contributed by atoms with Crippen molar-refractivity contribution in [3.05, 3.63) is 53.5 Å². The molecule has 1 aliphatic rings. The molecule has 0 amide bonds. The summed E-state index contributed by atoms with van der Waals surface area (Å²) in [4.78, 5) is 8.72. The van der Waals surface area contributed by atoms with Gasteiger partial charge in [0.05, 0.1) is 18.2 Å². The first-order chi connectivity index (χ1) is 12.2. The van der Waals surface area contributed by atoms with Crippen molar-refractivity contribution in [2.75, 3.05) is 13.2 Å². The van der Waals surface area contributed by atoms with Gasteiger partial charge in [0.2, 0.25) is 5.88 Å². The molecule has 6 nitrogen and oxygen atoms in total. The fraction of sp³-hybridized carbons (Fsp3) is 0.333. The molecule has 3 rings (SSSR count). The maximum Gasteiger partial charge on any atom is 0.230 e. The van der Waals surface area contributed by atoms with Crippen molar-refractivity contribution in [3.8, 4) is 11.6 Å². The van der Waals surface area contributed by atoms with E-state index < -0.39 is 5.82 Å². The number of hydrogen-bond acceptors (Lipinski definition) is 5. The van der Waals surface area contributed by atoms with Crippen LogP contribution in [-0.4, -0.2) is 35.3 Å². The van der Waals surface area contributed by atoms with Crippen molar-refractivity contribution < 1.29 is 19.1 Å². The Morgan fingerprint density at radius 2 is 2.32 bits per heavy atom. The smallest absolute Gasteiger partial charge is 0.230 e. The molecule has 1 aliphatic heterocycles. The molecule has 7 heteroatoms. The number of rotatable bonds is 5. The summed E-state index contributed by atoms with van der Waals surface area (Å²) in [5.74, 6) is 0.377. The SMILES string of the molecule is Cc1ccc(C(=NCC2CCCO2)NO)c(Oc2cccc(F)c2)n1. The number of aryl methyl sites for hydroxylation is 1. The molecular weight excluding hydrogens is 325 g/mol. The molecule has 0 saturated carbocycles. The summed E-state index contributed by atoms with van der Waals surface area (Å²) in [6, 6.07) is 9.31. The Hall–Kier alpha value is -2.51. The number of benzene rings is 1. The van der Waals surface area contributed by atoms with Crippen LogP contribution in [-0.2, 0) is 4.74 Å². The lowest BCUT2D eigenvalue weighted by Crippen LogP contribution is -2.23. The first kappa shape index (κ1) is 17.3. The Morgan fingerprint density at radius 3 is 3.04 bits per heavy atom. The van der Waals surface area contributed by atoms with Crippen LogP contribution in [0.4, 0.5) is 4.39 Å². The summed E-state index contributed by atoms with van der Waals surface area (Å²) in [5.41, 5.74) is 3.31. The maximum atomic E-state index is 13.4. The van der Waals surface area contributed by atoms with E-state index in [0.717, 1.165) is 25.1 Å². The van der Waals surface area contributed by atoms with Gasteiger partial charge in [-0.3, -0.25) is 15.7 Å². The van der Waals surface area contributed by atoms with Gasteiger partial charge in [-0.25, -0.2) is 9.37 Å². The molecule has 2 heterocycles. The van der Waals surface area contributed by atoms with Crippen LogP contribution in [0.2, 0.25) is 0 Å². The van der Waals surface area contributed by atoms with E-state index in [1.165, 1.54) is 12.1 Å². The van der Waals surface area contributed by atoms with Gasteiger partial charge < -0.3 is 9.47 Å². The zero-order valence-electron chi connectivity index (χ0n) is 13.9. The molecule has 1 unspecified atom stereocenters. The van der Waals surface area contributed by atoms with Crippen LogP contribution in [0.15, 0.2) is 41.4 Å². The van der Waals surface area contributed by atoms with Gasteiger partial charge in [0.1, 0.15) is 11.6 Å². The van der Waals surface area contributed by atoms with E-state index in [4.69, 9.17) is 9.47 Å². The van der Waals surface area contributed by atoms with Gasteiger partial charge in [-0.15, -0.1) is 0 Å². The van der Waals surface area contributed by atoms with Crippen LogP contribution in [0.1, 0.15) is 24.1 Å². The Morgan fingerprint density at radius 1 is 1.44 bits per heavy atom.